The van der Waals surface area contributed by atoms with E-state index in [2.05, 4.69) is 44.8 Å². The number of anilines is 3. The zero-order valence-electron chi connectivity index (χ0n) is 23.2. The highest BCUT2D eigenvalue weighted by Crippen LogP contribution is 2.38. The van der Waals surface area contributed by atoms with Gasteiger partial charge < -0.3 is 19.7 Å². The highest BCUT2D eigenvalue weighted by atomic mass is 16.2. The molecule has 1 N–H and O–H groups in total. The number of piperazine rings is 1. The molecule has 7 nitrogen and oxygen atoms in total. The minimum Gasteiger partial charge on any atom is -0.368 e. The van der Waals surface area contributed by atoms with E-state index in [1.807, 2.05) is 31.2 Å². The molecule has 0 unspecified atom stereocenters. The standard InChI is InChI=1S/C32H39N5O2/c1-22-19-23(2)33-29(20-22)36-17-15-35(16-18-36)26-12-10-25(11-13-26)34-32(39)31(38)30-28(24-7-3-4-8-24)21-27-9-5-6-14-37(27)30/h10-13,19-21,24H,3-9,14-18H2,1-2H3,(H,34,39). The minimum absolute atomic E-state index is 0.398. The van der Waals surface area contributed by atoms with E-state index in [1.165, 1.54) is 24.1 Å². The van der Waals surface area contributed by atoms with Crippen LogP contribution >= 0.6 is 0 Å². The summed E-state index contributed by atoms with van der Waals surface area (Å²) in [5, 5.41) is 2.89. The van der Waals surface area contributed by atoms with Crippen molar-refractivity contribution in [1.82, 2.24) is 9.55 Å². The van der Waals surface area contributed by atoms with Gasteiger partial charge in [0, 0.05) is 55.5 Å². The Bertz CT molecular complexity index is 1340. The fraction of sp³-hybridized carbons (Fsp3) is 0.469. The molecule has 3 aromatic rings. The second kappa shape index (κ2) is 10.9. The van der Waals surface area contributed by atoms with Crippen LogP contribution in [0.4, 0.5) is 17.2 Å². The first kappa shape index (κ1) is 25.7. The largest absolute Gasteiger partial charge is 0.368 e. The summed E-state index contributed by atoms with van der Waals surface area (Å²) in [4.78, 5) is 36.1. The lowest BCUT2D eigenvalue weighted by atomic mass is 9.95. The summed E-state index contributed by atoms with van der Waals surface area (Å²) in [7, 11) is 0. The Morgan fingerprint density at radius 2 is 1.56 bits per heavy atom. The number of rotatable bonds is 6. The van der Waals surface area contributed by atoms with E-state index in [0.29, 0.717) is 17.3 Å². The molecule has 1 saturated heterocycles. The van der Waals surface area contributed by atoms with Crippen LogP contribution in [-0.4, -0.2) is 47.4 Å². The summed E-state index contributed by atoms with van der Waals surface area (Å²) in [5.41, 5.74) is 7.03. The first-order chi connectivity index (χ1) is 19.0. The van der Waals surface area contributed by atoms with Gasteiger partial charge in [-0.05, 0) is 105 Å². The normalized spacial score (nSPS) is 17.8. The summed E-state index contributed by atoms with van der Waals surface area (Å²) >= 11 is 0. The Morgan fingerprint density at radius 1 is 0.846 bits per heavy atom. The number of carbonyl (C=O) groups excluding carboxylic acids is 2. The molecule has 2 aromatic heterocycles. The average molecular weight is 526 g/mol. The van der Waals surface area contributed by atoms with Gasteiger partial charge in [-0.25, -0.2) is 4.98 Å². The highest BCUT2D eigenvalue weighted by Gasteiger charge is 2.32. The minimum atomic E-state index is -0.539. The van der Waals surface area contributed by atoms with E-state index in [9.17, 15) is 9.59 Å². The third kappa shape index (κ3) is 5.32. The van der Waals surface area contributed by atoms with Gasteiger partial charge in [-0.2, -0.15) is 0 Å². The predicted molar refractivity (Wildman–Crippen MR) is 156 cm³/mol. The molecule has 4 heterocycles. The van der Waals surface area contributed by atoms with Crippen molar-refractivity contribution in [2.75, 3.05) is 41.3 Å². The molecule has 2 fully saturated rings. The number of aryl methyl sites for hydroxylation is 3. The number of nitrogens with zero attached hydrogens (tertiary/aromatic N) is 4. The highest BCUT2D eigenvalue weighted by molar-refractivity contribution is 6.46. The van der Waals surface area contributed by atoms with Gasteiger partial charge in [0.05, 0.1) is 5.69 Å². The summed E-state index contributed by atoms with van der Waals surface area (Å²) in [5.74, 6) is 0.517. The van der Waals surface area contributed by atoms with Crippen molar-refractivity contribution in [1.29, 1.82) is 0 Å². The molecule has 0 radical (unpaired) electrons. The molecule has 7 heteroatoms. The van der Waals surface area contributed by atoms with Crippen molar-refractivity contribution >= 4 is 28.9 Å². The molecule has 39 heavy (non-hydrogen) atoms. The number of fused-ring (bicyclic) bond motifs is 1. The second-order valence-electron chi connectivity index (χ2n) is 11.5. The first-order valence-corrected chi connectivity index (χ1v) is 14.6. The maximum absolute atomic E-state index is 13.5. The van der Waals surface area contributed by atoms with Crippen LogP contribution in [0.5, 0.6) is 0 Å². The second-order valence-corrected chi connectivity index (χ2v) is 11.5. The maximum atomic E-state index is 13.5. The molecule has 0 atom stereocenters. The number of benzene rings is 1. The molecule has 2 aliphatic heterocycles. The van der Waals surface area contributed by atoms with Crippen LogP contribution in [-0.2, 0) is 17.8 Å². The monoisotopic (exact) mass is 525 g/mol. The number of nitrogens with one attached hydrogen (secondary N) is 1. The SMILES string of the molecule is Cc1cc(C)nc(N2CCN(c3ccc(NC(=O)C(=O)c4c(C5CCCC5)cc5n4CCCC5)cc3)CC2)c1. The van der Waals surface area contributed by atoms with E-state index < -0.39 is 11.7 Å². The van der Waals surface area contributed by atoms with E-state index in [-0.39, 0.29) is 0 Å². The Kier molecular flexibility index (Phi) is 7.15. The number of aromatic nitrogens is 2. The van der Waals surface area contributed by atoms with Crippen LogP contribution < -0.4 is 15.1 Å². The van der Waals surface area contributed by atoms with Gasteiger partial charge >= 0.3 is 0 Å². The van der Waals surface area contributed by atoms with Gasteiger partial charge in [0.1, 0.15) is 5.82 Å². The van der Waals surface area contributed by atoms with Gasteiger partial charge in [-0.1, -0.05) is 12.8 Å². The van der Waals surface area contributed by atoms with Crippen LogP contribution in [0, 0.1) is 13.8 Å². The molecule has 0 spiro atoms. The number of carbonyl (C=O) groups is 2. The Hall–Kier alpha value is -3.61. The van der Waals surface area contributed by atoms with Gasteiger partial charge in [0.15, 0.2) is 0 Å². The van der Waals surface area contributed by atoms with Crippen LogP contribution in [0.25, 0.3) is 0 Å². The molecule has 0 bridgehead atoms. The fourth-order valence-electron chi connectivity index (χ4n) is 6.69. The molecule has 204 valence electrons. The molecule has 6 rings (SSSR count). The number of Topliss-reactive ketones (excluding diaryl/α,β-unsaturated/α-hetero) is 1. The molecule has 1 aromatic carbocycles. The Balaban J connectivity index is 1.11. The van der Waals surface area contributed by atoms with Gasteiger partial charge in [0.25, 0.3) is 11.7 Å². The third-order valence-corrected chi connectivity index (χ3v) is 8.67. The summed E-state index contributed by atoms with van der Waals surface area (Å²) < 4.78 is 2.13. The van der Waals surface area contributed by atoms with E-state index in [1.54, 1.807) is 0 Å². The van der Waals surface area contributed by atoms with Gasteiger partial charge in [-0.3, -0.25) is 9.59 Å². The van der Waals surface area contributed by atoms with Gasteiger partial charge in [0.2, 0.25) is 0 Å². The fourth-order valence-corrected chi connectivity index (χ4v) is 6.69. The average Bonchev–Trinajstić information content (AvgIpc) is 3.61. The number of ketones is 1. The lowest BCUT2D eigenvalue weighted by Crippen LogP contribution is -2.46. The van der Waals surface area contributed by atoms with Crippen LogP contribution in [0.15, 0.2) is 42.5 Å². The lowest BCUT2D eigenvalue weighted by Gasteiger charge is -2.37. The van der Waals surface area contributed by atoms with Crippen molar-refractivity contribution in [2.24, 2.45) is 0 Å². The van der Waals surface area contributed by atoms with E-state index in [0.717, 1.165) is 87.6 Å². The number of amides is 1. The van der Waals surface area contributed by atoms with Crippen molar-refractivity contribution in [2.45, 2.75) is 71.3 Å². The van der Waals surface area contributed by atoms with Gasteiger partial charge in [-0.15, -0.1) is 0 Å². The predicted octanol–water partition coefficient (Wildman–Crippen LogP) is 5.64. The van der Waals surface area contributed by atoms with Crippen molar-refractivity contribution in [3.63, 3.8) is 0 Å². The number of hydrogen-bond acceptors (Lipinski definition) is 5. The third-order valence-electron chi connectivity index (χ3n) is 8.67. The quantitative estimate of drug-likeness (QED) is 0.333. The topological polar surface area (TPSA) is 70.5 Å². The first-order valence-electron chi connectivity index (χ1n) is 14.6. The molecular weight excluding hydrogens is 486 g/mol. The zero-order valence-corrected chi connectivity index (χ0v) is 23.2. The smallest absolute Gasteiger partial charge is 0.298 e. The summed E-state index contributed by atoms with van der Waals surface area (Å²) in [6.45, 7) is 8.62. The molecule has 1 aliphatic carbocycles. The summed E-state index contributed by atoms with van der Waals surface area (Å²) in [6, 6.07) is 14.4. The number of pyridine rings is 1. The van der Waals surface area contributed by atoms with E-state index in [4.69, 9.17) is 4.98 Å². The maximum Gasteiger partial charge on any atom is 0.298 e. The van der Waals surface area contributed by atoms with Crippen molar-refractivity contribution in [3.05, 3.63) is 70.7 Å². The van der Waals surface area contributed by atoms with Crippen LogP contribution in [0.2, 0.25) is 0 Å². The lowest BCUT2D eigenvalue weighted by molar-refractivity contribution is -0.112. The Morgan fingerprint density at radius 3 is 2.28 bits per heavy atom. The summed E-state index contributed by atoms with van der Waals surface area (Å²) in [6.07, 6.45) is 7.84. The Labute approximate surface area is 231 Å². The molecule has 1 saturated carbocycles. The molecule has 3 aliphatic rings. The van der Waals surface area contributed by atoms with Crippen LogP contribution in [0.3, 0.4) is 0 Å². The number of hydrogen-bond donors (Lipinski definition) is 1. The van der Waals surface area contributed by atoms with Crippen LogP contribution in [0.1, 0.15) is 77.4 Å². The molecule has 1 amide bonds. The molecular formula is C32H39N5O2. The van der Waals surface area contributed by atoms with Crippen molar-refractivity contribution < 1.29 is 9.59 Å². The van der Waals surface area contributed by atoms with E-state index >= 15 is 0 Å². The van der Waals surface area contributed by atoms with Crippen molar-refractivity contribution in [3.8, 4) is 0 Å². The zero-order chi connectivity index (χ0) is 26.9.